The van der Waals surface area contributed by atoms with Gasteiger partial charge in [0.15, 0.2) is 0 Å². The summed E-state index contributed by atoms with van der Waals surface area (Å²) in [6.45, 7) is 2.32. The molecular weight excluding hydrogens is 224 g/mol. The predicted octanol–water partition coefficient (Wildman–Crippen LogP) is 1.81. The van der Waals surface area contributed by atoms with Gasteiger partial charge in [-0.3, -0.25) is 0 Å². The lowest BCUT2D eigenvalue weighted by Crippen LogP contribution is -2.30. The Hall–Kier alpha value is -1.68. The van der Waals surface area contributed by atoms with E-state index in [2.05, 4.69) is 39.7 Å². The molecule has 0 saturated carbocycles. The van der Waals surface area contributed by atoms with Crippen molar-refractivity contribution in [2.45, 2.75) is 19.3 Å². The van der Waals surface area contributed by atoms with Crippen molar-refractivity contribution in [1.82, 2.24) is 20.1 Å². The van der Waals surface area contributed by atoms with Crippen LogP contribution in [0, 0.1) is 5.92 Å². The molecule has 18 heavy (non-hydrogen) atoms. The van der Waals surface area contributed by atoms with Crippen molar-refractivity contribution >= 4 is 0 Å². The first-order chi connectivity index (χ1) is 8.92. The molecule has 1 aliphatic rings. The number of benzene rings is 1. The second-order valence-electron chi connectivity index (χ2n) is 4.93. The fourth-order valence-corrected chi connectivity index (χ4v) is 2.60. The summed E-state index contributed by atoms with van der Waals surface area (Å²) in [7, 11) is 0. The first-order valence-corrected chi connectivity index (χ1v) is 6.56. The molecule has 0 amide bonds. The third-order valence-corrected chi connectivity index (χ3v) is 3.52. The average molecular weight is 242 g/mol. The smallest absolute Gasteiger partial charge is 0.138 e. The van der Waals surface area contributed by atoms with E-state index < -0.39 is 0 Å². The minimum Gasteiger partial charge on any atom is -0.316 e. The molecule has 1 N–H and O–H groups in total. The summed E-state index contributed by atoms with van der Waals surface area (Å²) in [4.78, 5) is 3.99. The molecule has 1 aliphatic heterocycles. The molecule has 94 valence electrons. The molecule has 1 aromatic heterocycles. The lowest BCUT2D eigenvalue weighted by molar-refractivity contribution is 0.376. The van der Waals surface area contributed by atoms with Gasteiger partial charge in [0.1, 0.15) is 12.7 Å². The Labute approximate surface area is 107 Å². The highest BCUT2D eigenvalue weighted by atomic mass is 15.3. The van der Waals surface area contributed by atoms with Crippen LogP contribution in [0.25, 0.3) is 5.69 Å². The molecule has 1 atom stereocenters. The number of nitrogens with one attached hydrogen (secondary N) is 1. The highest BCUT2D eigenvalue weighted by molar-refractivity contribution is 5.34. The number of rotatable bonds is 3. The standard InChI is InChI=1S/C14H18N4/c1-3-12(7-13-4-2-6-15-9-13)8-14(5-1)18-11-16-10-17-18/h1,3,5,8,10-11,13,15H,2,4,6-7,9H2. The molecular formula is C14H18N4. The number of hydrogen-bond acceptors (Lipinski definition) is 3. The SMILES string of the molecule is c1cc(CC2CCCNC2)cc(-n2cncn2)c1. The molecule has 2 aromatic rings. The van der Waals surface area contributed by atoms with E-state index in [1.165, 1.54) is 24.9 Å². The molecule has 0 spiro atoms. The summed E-state index contributed by atoms with van der Waals surface area (Å²) in [6, 6.07) is 8.58. The zero-order valence-corrected chi connectivity index (χ0v) is 10.4. The third kappa shape index (κ3) is 2.59. The molecule has 4 nitrogen and oxygen atoms in total. The van der Waals surface area contributed by atoms with Crippen molar-refractivity contribution in [1.29, 1.82) is 0 Å². The fourth-order valence-electron chi connectivity index (χ4n) is 2.60. The van der Waals surface area contributed by atoms with Crippen LogP contribution in [0.5, 0.6) is 0 Å². The van der Waals surface area contributed by atoms with Crippen molar-refractivity contribution in [2.75, 3.05) is 13.1 Å². The van der Waals surface area contributed by atoms with Crippen LogP contribution in [-0.4, -0.2) is 27.9 Å². The summed E-state index contributed by atoms with van der Waals surface area (Å²) >= 11 is 0. The van der Waals surface area contributed by atoms with Gasteiger partial charge in [0, 0.05) is 0 Å². The van der Waals surface area contributed by atoms with Crippen LogP contribution in [-0.2, 0) is 6.42 Å². The van der Waals surface area contributed by atoms with E-state index >= 15 is 0 Å². The zero-order chi connectivity index (χ0) is 12.2. The summed E-state index contributed by atoms with van der Waals surface area (Å²) < 4.78 is 1.81. The molecule has 1 aromatic carbocycles. The minimum absolute atomic E-state index is 0.768. The largest absolute Gasteiger partial charge is 0.316 e. The van der Waals surface area contributed by atoms with Crippen LogP contribution < -0.4 is 5.32 Å². The van der Waals surface area contributed by atoms with Gasteiger partial charge in [-0.25, -0.2) is 9.67 Å². The van der Waals surface area contributed by atoms with E-state index in [4.69, 9.17) is 0 Å². The molecule has 1 fully saturated rings. The van der Waals surface area contributed by atoms with E-state index in [0.717, 1.165) is 24.6 Å². The summed E-state index contributed by atoms with van der Waals surface area (Å²) in [5.74, 6) is 0.768. The third-order valence-electron chi connectivity index (χ3n) is 3.52. The Morgan fingerprint density at radius 3 is 3.17 bits per heavy atom. The van der Waals surface area contributed by atoms with Gasteiger partial charge in [-0.05, 0) is 56.0 Å². The lowest BCUT2D eigenvalue weighted by atomic mass is 9.92. The Bertz CT molecular complexity index is 486. The van der Waals surface area contributed by atoms with Crippen molar-refractivity contribution < 1.29 is 0 Å². The van der Waals surface area contributed by atoms with Gasteiger partial charge in [0.05, 0.1) is 5.69 Å². The topological polar surface area (TPSA) is 42.7 Å². The van der Waals surface area contributed by atoms with Gasteiger partial charge in [0.25, 0.3) is 0 Å². The second kappa shape index (κ2) is 5.31. The number of aromatic nitrogens is 3. The van der Waals surface area contributed by atoms with E-state index in [-0.39, 0.29) is 0 Å². The summed E-state index contributed by atoms with van der Waals surface area (Å²) in [5, 5.41) is 7.64. The van der Waals surface area contributed by atoms with Crippen molar-refractivity contribution in [2.24, 2.45) is 5.92 Å². The first-order valence-electron chi connectivity index (χ1n) is 6.56. The monoisotopic (exact) mass is 242 g/mol. The molecule has 1 unspecified atom stereocenters. The molecule has 0 aliphatic carbocycles. The maximum absolute atomic E-state index is 4.17. The first kappa shape index (κ1) is 11.4. The quantitative estimate of drug-likeness (QED) is 0.892. The molecule has 4 heteroatoms. The molecule has 0 bridgehead atoms. The Morgan fingerprint density at radius 1 is 1.39 bits per heavy atom. The van der Waals surface area contributed by atoms with Crippen LogP contribution in [0.2, 0.25) is 0 Å². The van der Waals surface area contributed by atoms with Gasteiger partial charge < -0.3 is 5.32 Å². The fraction of sp³-hybridized carbons (Fsp3) is 0.429. The normalized spacial score (nSPS) is 19.9. The Morgan fingerprint density at radius 2 is 2.39 bits per heavy atom. The highest BCUT2D eigenvalue weighted by Crippen LogP contribution is 2.18. The minimum atomic E-state index is 0.768. The second-order valence-corrected chi connectivity index (χ2v) is 4.93. The van der Waals surface area contributed by atoms with Crippen LogP contribution >= 0.6 is 0 Å². The van der Waals surface area contributed by atoms with E-state index in [1.807, 2.05) is 4.68 Å². The lowest BCUT2D eigenvalue weighted by Gasteiger charge is -2.22. The average Bonchev–Trinajstić information content (AvgIpc) is 2.94. The predicted molar refractivity (Wildman–Crippen MR) is 70.7 cm³/mol. The number of nitrogens with zero attached hydrogens (tertiary/aromatic N) is 3. The summed E-state index contributed by atoms with van der Waals surface area (Å²) in [5.41, 5.74) is 2.48. The van der Waals surface area contributed by atoms with E-state index in [0.29, 0.717) is 0 Å². The zero-order valence-electron chi connectivity index (χ0n) is 10.4. The van der Waals surface area contributed by atoms with E-state index in [1.54, 1.807) is 12.7 Å². The molecule has 2 heterocycles. The van der Waals surface area contributed by atoms with Crippen molar-refractivity contribution in [3.05, 3.63) is 42.5 Å². The van der Waals surface area contributed by atoms with Gasteiger partial charge in [0.2, 0.25) is 0 Å². The molecule has 3 rings (SSSR count). The van der Waals surface area contributed by atoms with Crippen molar-refractivity contribution in [3.63, 3.8) is 0 Å². The number of piperidine rings is 1. The Kier molecular flexibility index (Phi) is 3.37. The van der Waals surface area contributed by atoms with Crippen LogP contribution in [0.1, 0.15) is 18.4 Å². The maximum atomic E-state index is 4.17. The van der Waals surface area contributed by atoms with Crippen LogP contribution in [0.4, 0.5) is 0 Å². The molecule has 1 saturated heterocycles. The van der Waals surface area contributed by atoms with Gasteiger partial charge >= 0.3 is 0 Å². The number of hydrogen-bond donors (Lipinski definition) is 1. The van der Waals surface area contributed by atoms with Crippen LogP contribution in [0.3, 0.4) is 0 Å². The van der Waals surface area contributed by atoms with Gasteiger partial charge in [-0.15, -0.1) is 0 Å². The summed E-state index contributed by atoms with van der Waals surface area (Å²) in [6.07, 6.45) is 7.09. The molecule has 0 radical (unpaired) electrons. The van der Waals surface area contributed by atoms with Gasteiger partial charge in [-0.2, -0.15) is 5.10 Å². The van der Waals surface area contributed by atoms with Crippen molar-refractivity contribution in [3.8, 4) is 5.69 Å². The Balaban J connectivity index is 1.74. The van der Waals surface area contributed by atoms with Gasteiger partial charge in [-0.1, -0.05) is 12.1 Å². The maximum Gasteiger partial charge on any atom is 0.138 e. The highest BCUT2D eigenvalue weighted by Gasteiger charge is 2.13. The van der Waals surface area contributed by atoms with E-state index in [9.17, 15) is 0 Å². The van der Waals surface area contributed by atoms with Crippen LogP contribution in [0.15, 0.2) is 36.9 Å².